The van der Waals surface area contributed by atoms with Gasteiger partial charge in [-0.2, -0.15) is 0 Å². The number of hydrogen-bond acceptors (Lipinski definition) is 3. The number of carbonyl (C=O) groups excluding carboxylic acids is 2. The van der Waals surface area contributed by atoms with Crippen molar-refractivity contribution >= 4 is 22.8 Å². The minimum atomic E-state index is -0.488. The molecule has 2 N–H and O–H groups in total. The van der Waals surface area contributed by atoms with Crippen LogP contribution in [0.4, 0.5) is 0 Å². The van der Waals surface area contributed by atoms with E-state index in [2.05, 4.69) is 10.9 Å². The van der Waals surface area contributed by atoms with Crippen molar-refractivity contribution in [3.8, 4) is 0 Å². The van der Waals surface area contributed by atoms with Crippen LogP contribution >= 0.6 is 0 Å². The van der Waals surface area contributed by atoms with Crippen LogP contribution in [0.25, 0.3) is 11.0 Å². The molecule has 0 atom stereocenters. The maximum atomic E-state index is 12.0. The smallest absolute Gasteiger partial charge is 0.305 e. The van der Waals surface area contributed by atoms with Crippen LogP contribution in [0.1, 0.15) is 16.1 Å². The predicted octanol–water partition coefficient (Wildman–Crippen LogP) is 2.44. The minimum Gasteiger partial charge on any atom is -0.451 e. The lowest BCUT2D eigenvalue weighted by Gasteiger charge is -2.05. The van der Waals surface area contributed by atoms with E-state index < -0.39 is 5.91 Å². The van der Waals surface area contributed by atoms with Crippen LogP contribution < -0.4 is 10.9 Å². The Morgan fingerprint density at radius 1 is 0.909 bits per heavy atom. The molecule has 1 aromatic heterocycles. The molecule has 2 amide bonds. The molecule has 0 saturated heterocycles. The highest BCUT2D eigenvalue weighted by molar-refractivity contribution is 5.97. The van der Waals surface area contributed by atoms with Gasteiger partial charge in [0.2, 0.25) is 5.91 Å². The summed E-state index contributed by atoms with van der Waals surface area (Å²) < 4.78 is 5.42. The third-order valence-corrected chi connectivity index (χ3v) is 3.17. The van der Waals surface area contributed by atoms with Crippen LogP contribution in [0, 0.1) is 0 Å². The van der Waals surface area contributed by atoms with Crippen molar-refractivity contribution in [2.75, 3.05) is 0 Å². The molecule has 5 heteroatoms. The highest BCUT2D eigenvalue weighted by atomic mass is 16.3. The van der Waals surface area contributed by atoms with Gasteiger partial charge in [-0.15, -0.1) is 0 Å². The van der Waals surface area contributed by atoms with Crippen LogP contribution in [0.3, 0.4) is 0 Å². The molecule has 0 fully saturated rings. The first-order valence-electron chi connectivity index (χ1n) is 6.84. The minimum absolute atomic E-state index is 0.154. The number of fused-ring (bicyclic) bond motifs is 1. The van der Waals surface area contributed by atoms with Gasteiger partial charge in [-0.05, 0) is 17.7 Å². The Bertz CT molecular complexity index is 776. The average Bonchev–Trinajstić information content (AvgIpc) is 2.98. The van der Waals surface area contributed by atoms with E-state index in [1.165, 1.54) is 0 Å². The normalized spacial score (nSPS) is 10.4. The summed E-state index contributed by atoms with van der Waals surface area (Å²) in [6.07, 6.45) is 0.196. The van der Waals surface area contributed by atoms with Crippen LogP contribution in [0.2, 0.25) is 0 Å². The molecule has 0 bridgehead atoms. The standard InChI is InChI=1S/C17H14N2O3/c20-16(10-12-6-2-1-3-7-12)18-19-17(21)15-11-13-8-4-5-9-14(13)22-15/h1-9,11H,10H2,(H,18,20)(H,19,21). The monoisotopic (exact) mass is 294 g/mol. The van der Waals surface area contributed by atoms with Crippen LogP contribution in [0.15, 0.2) is 65.1 Å². The molecule has 0 aliphatic rings. The van der Waals surface area contributed by atoms with E-state index in [1.54, 1.807) is 12.1 Å². The van der Waals surface area contributed by atoms with Crippen molar-refractivity contribution in [2.45, 2.75) is 6.42 Å². The van der Waals surface area contributed by atoms with Crippen molar-refractivity contribution in [3.63, 3.8) is 0 Å². The predicted molar refractivity (Wildman–Crippen MR) is 82.0 cm³/mol. The van der Waals surface area contributed by atoms with Crippen molar-refractivity contribution in [2.24, 2.45) is 0 Å². The lowest BCUT2D eigenvalue weighted by molar-refractivity contribution is -0.121. The van der Waals surface area contributed by atoms with Crippen LogP contribution in [-0.4, -0.2) is 11.8 Å². The number of carbonyl (C=O) groups is 2. The maximum Gasteiger partial charge on any atom is 0.305 e. The fourth-order valence-corrected chi connectivity index (χ4v) is 2.11. The number of furan rings is 1. The molecular weight excluding hydrogens is 280 g/mol. The average molecular weight is 294 g/mol. The summed E-state index contributed by atoms with van der Waals surface area (Å²) in [7, 11) is 0. The fourth-order valence-electron chi connectivity index (χ4n) is 2.11. The molecule has 3 rings (SSSR count). The molecule has 3 aromatic rings. The largest absolute Gasteiger partial charge is 0.451 e. The molecule has 0 aliphatic heterocycles. The summed E-state index contributed by atoms with van der Waals surface area (Å²) in [6, 6.07) is 18.2. The molecule has 110 valence electrons. The van der Waals surface area contributed by atoms with Gasteiger partial charge in [0.1, 0.15) is 5.58 Å². The second-order valence-corrected chi connectivity index (χ2v) is 4.81. The zero-order valence-electron chi connectivity index (χ0n) is 11.7. The third kappa shape index (κ3) is 3.15. The molecule has 0 spiro atoms. The maximum absolute atomic E-state index is 12.0. The first-order chi connectivity index (χ1) is 10.7. The molecule has 0 unspecified atom stereocenters. The Balaban J connectivity index is 1.59. The fraction of sp³-hybridized carbons (Fsp3) is 0.0588. The SMILES string of the molecule is O=C(Cc1ccccc1)NNC(=O)c1cc2ccccc2o1. The van der Waals surface area contributed by atoms with E-state index in [0.29, 0.717) is 5.58 Å². The molecule has 1 heterocycles. The molecule has 0 aliphatic carbocycles. The summed E-state index contributed by atoms with van der Waals surface area (Å²) >= 11 is 0. The highest BCUT2D eigenvalue weighted by Gasteiger charge is 2.12. The summed E-state index contributed by atoms with van der Waals surface area (Å²) in [4.78, 5) is 23.7. The first kappa shape index (κ1) is 13.9. The van der Waals surface area contributed by atoms with E-state index in [1.807, 2.05) is 48.5 Å². The van der Waals surface area contributed by atoms with Crippen LogP contribution in [-0.2, 0) is 11.2 Å². The van der Waals surface area contributed by atoms with Gasteiger partial charge < -0.3 is 4.42 Å². The van der Waals surface area contributed by atoms with E-state index in [9.17, 15) is 9.59 Å². The molecule has 5 nitrogen and oxygen atoms in total. The quantitative estimate of drug-likeness (QED) is 0.729. The second kappa shape index (κ2) is 6.13. The van der Waals surface area contributed by atoms with E-state index in [0.717, 1.165) is 10.9 Å². The number of nitrogens with one attached hydrogen (secondary N) is 2. The molecular formula is C17H14N2O3. The third-order valence-electron chi connectivity index (χ3n) is 3.17. The molecule has 0 saturated carbocycles. The zero-order chi connectivity index (χ0) is 15.4. The number of hydrazine groups is 1. The van der Waals surface area contributed by atoms with Gasteiger partial charge >= 0.3 is 5.91 Å². The lowest BCUT2D eigenvalue weighted by atomic mass is 10.1. The van der Waals surface area contributed by atoms with Gasteiger partial charge in [0.05, 0.1) is 6.42 Å². The number of hydrogen-bond donors (Lipinski definition) is 2. The molecule has 22 heavy (non-hydrogen) atoms. The van der Waals surface area contributed by atoms with Crippen molar-refractivity contribution in [1.29, 1.82) is 0 Å². The van der Waals surface area contributed by atoms with Gasteiger partial charge in [-0.3, -0.25) is 20.4 Å². The Morgan fingerprint density at radius 3 is 2.41 bits per heavy atom. The summed E-state index contributed by atoms with van der Waals surface area (Å²) in [5.41, 5.74) is 6.22. The van der Waals surface area contributed by atoms with Crippen LogP contribution in [0.5, 0.6) is 0 Å². The summed E-state index contributed by atoms with van der Waals surface area (Å²) in [5, 5.41) is 0.836. The van der Waals surface area contributed by atoms with E-state index in [-0.39, 0.29) is 18.1 Å². The van der Waals surface area contributed by atoms with E-state index in [4.69, 9.17) is 4.42 Å². The topological polar surface area (TPSA) is 71.3 Å². The highest BCUT2D eigenvalue weighted by Crippen LogP contribution is 2.18. The van der Waals surface area contributed by atoms with Gasteiger partial charge in [-0.25, -0.2) is 0 Å². The van der Waals surface area contributed by atoms with Gasteiger partial charge in [0.25, 0.3) is 0 Å². The second-order valence-electron chi connectivity index (χ2n) is 4.81. The Morgan fingerprint density at radius 2 is 1.64 bits per heavy atom. The Kier molecular flexibility index (Phi) is 3.87. The number of benzene rings is 2. The first-order valence-corrected chi connectivity index (χ1v) is 6.84. The number of amides is 2. The Labute approximate surface area is 126 Å². The molecule has 2 aromatic carbocycles. The van der Waals surface area contributed by atoms with Crippen molar-refractivity contribution in [1.82, 2.24) is 10.9 Å². The molecule has 0 radical (unpaired) electrons. The number of rotatable bonds is 3. The van der Waals surface area contributed by atoms with Gasteiger partial charge in [0.15, 0.2) is 5.76 Å². The van der Waals surface area contributed by atoms with E-state index >= 15 is 0 Å². The van der Waals surface area contributed by atoms with Gasteiger partial charge in [0, 0.05) is 5.39 Å². The summed E-state index contributed by atoms with van der Waals surface area (Å²) in [5.74, 6) is -0.630. The van der Waals surface area contributed by atoms with Gasteiger partial charge in [-0.1, -0.05) is 48.5 Å². The zero-order valence-corrected chi connectivity index (χ0v) is 11.7. The number of para-hydroxylation sites is 1. The van der Waals surface area contributed by atoms with Crippen molar-refractivity contribution < 1.29 is 14.0 Å². The summed E-state index contributed by atoms with van der Waals surface area (Å²) in [6.45, 7) is 0. The van der Waals surface area contributed by atoms with Crippen molar-refractivity contribution in [3.05, 3.63) is 72.0 Å². The lowest BCUT2D eigenvalue weighted by Crippen LogP contribution is -2.42. The Hall–Kier alpha value is -3.08.